The topological polar surface area (TPSA) is 68.1 Å². The first-order valence-corrected chi connectivity index (χ1v) is 8.76. The van der Waals surface area contributed by atoms with E-state index in [1.54, 1.807) is 12.1 Å². The van der Waals surface area contributed by atoms with Gasteiger partial charge in [-0.2, -0.15) is 22.6 Å². The van der Waals surface area contributed by atoms with Crippen molar-refractivity contribution >= 4 is 10.0 Å². The van der Waals surface area contributed by atoms with Gasteiger partial charge in [0.25, 0.3) is 10.0 Å². The van der Waals surface area contributed by atoms with E-state index in [-0.39, 0.29) is 18.1 Å². The number of sulfonamides is 1. The average Bonchev–Trinajstić information content (AvgIpc) is 3.06. The van der Waals surface area contributed by atoms with Crippen LogP contribution in [0, 0.1) is 0 Å². The van der Waals surface area contributed by atoms with E-state index >= 15 is 0 Å². The highest BCUT2D eigenvalue weighted by Crippen LogP contribution is 2.33. The second-order valence-corrected chi connectivity index (χ2v) is 7.37. The first-order chi connectivity index (χ1) is 11.3. The minimum atomic E-state index is -4.53. The molecule has 3 rings (SSSR count). The van der Waals surface area contributed by atoms with Gasteiger partial charge in [0.2, 0.25) is 0 Å². The maximum atomic E-state index is 13.0. The Bertz CT molecular complexity index is 805. The Morgan fingerprint density at radius 3 is 2.62 bits per heavy atom. The van der Waals surface area contributed by atoms with Crippen LogP contribution in [0.25, 0.3) is 0 Å². The Labute approximate surface area is 137 Å². The smallest absolute Gasteiger partial charge is 0.256 e. The van der Waals surface area contributed by atoms with E-state index in [2.05, 4.69) is 10.1 Å². The summed E-state index contributed by atoms with van der Waals surface area (Å²) in [6.07, 6.45) is -1.20. The highest BCUT2D eigenvalue weighted by molar-refractivity contribution is 7.89. The zero-order valence-electron chi connectivity index (χ0n) is 12.5. The van der Waals surface area contributed by atoms with Crippen LogP contribution in [-0.2, 0) is 16.2 Å². The summed E-state index contributed by atoms with van der Waals surface area (Å²) in [4.78, 5) is 3.84. The number of rotatable bonds is 3. The van der Waals surface area contributed by atoms with Gasteiger partial charge in [0.05, 0.1) is 6.04 Å². The van der Waals surface area contributed by atoms with Crippen molar-refractivity contribution in [2.24, 2.45) is 0 Å². The molecule has 6 nitrogen and oxygen atoms in total. The van der Waals surface area contributed by atoms with Crippen LogP contribution < -0.4 is 0 Å². The summed E-state index contributed by atoms with van der Waals surface area (Å²) < 4.78 is 66.3. The predicted octanol–water partition coefficient (Wildman–Crippen LogP) is 2.32. The number of halogens is 3. The molecule has 0 aliphatic carbocycles. The molecule has 1 atom stereocenters. The molecule has 1 aliphatic heterocycles. The van der Waals surface area contributed by atoms with Gasteiger partial charge in [-0.1, -0.05) is 6.07 Å². The van der Waals surface area contributed by atoms with E-state index in [0.717, 1.165) is 16.9 Å². The maximum Gasteiger partial charge on any atom is 0.433 e. The molecule has 1 fully saturated rings. The highest BCUT2D eigenvalue weighted by atomic mass is 32.2. The third kappa shape index (κ3) is 3.16. The molecule has 0 radical (unpaired) electrons. The summed E-state index contributed by atoms with van der Waals surface area (Å²) in [5.74, 6) is 0. The molecule has 2 aromatic heterocycles. The quantitative estimate of drug-likeness (QED) is 0.842. The monoisotopic (exact) mass is 360 g/mol. The van der Waals surface area contributed by atoms with Crippen molar-refractivity contribution in [2.45, 2.75) is 30.1 Å². The van der Waals surface area contributed by atoms with E-state index in [0.29, 0.717) is 12.8 Å². The normalized spacial score (nSPS) is 20.2. The Morgan fingerprint density at radius 1 is 1.17 bits per heavy atom. The molecular formula is C14H15F3N4O2S. The van der Waals surface area contributed by atoms with Crippen molar-refractivity contribution in [3.63, 3.8) is 0 Å². The number of aromatic nitrogens is 3. The third-order valence-corrected chi connectivity index (χ3v) is 5.69. The first-order valence-electron chi connectivity index (χ1n) is 7.32. The van der Waals surface area contributed by atoms with Gasteiger partial charge in [-0.3, -0.25) is 4.68 Å². The Morgan fingerprint density at radius 2 is 1.96 bits per heavy atom. The van der Waals surface area contributed by atoms with Crippen molar-refractivity contribution < 1.29 is 21.6 Å². The van der Waals surface area contributed by atoms with Crippen LogP contribution in [0.3, 0.4) is 0 Å². The van der Waals surface area contributed by atoms with Crippen LogP contribution in [0.2, 0.25) is 0 Å². The molecule has 0 N–H and O–H groups in total. The number of nitrogens with zero attached hydrogens (tertiary/aromatic N) is 4. The molecule has 3 heterocycles. The number of alkyl halides is 3. The molecule has 10 heteroatoms. The molecule has 1 saturated heterocycles. The van der Waals surface area contributed by atoms with Crippen molar-refractivity contribution in [2.75, 3.05) is 13.1 Å². The van der Waals surface area contributed by atoms with Gasteiger partial charge in [0.15, 0.2) is 5.03 Å². The molecule has 0 unspecified atom stereocenters. The predicted molar refractivity (Wildman–Crippen MR) is 78.5 cm³/mol. The van der Waals surface area contributed by atoms with Gasteiger partial charge < -0.3 is 0 Å². The van der Waals surface area contributed by atoms with Crippen LogP contribution in [-0.4, -0.2) is 40.6 Å². The van der Waals surface area contributed by atoms with E-state index < -0.39 is 27.9 Å². The molecule has 0 saturated carbocycles. The van der Waals surface area contributed by atoms with Crippen molar-refractivity contribution in [1.29, 1.82) is 0 Å². The lowest BCUT2D eigenvalue weighted by Crippen LogP contribution is -2.41. The number of piperidine rings is 1. The van der Waals surface area contributed by atoms with E-state index in [4.69, 9.17) is 0 Å². The lowest BCUT2D eigenvalue weighted by molar-refractivity contribution is -0.145. The van der Waals surface area contributed by atoms with Gasteiger partial charge in [0, 0.05) is 25.5 Å². The lowest BCUT2D eigenvalue weighted by atomic mass is 10.1. The van der Waals surface area contributed by atoms with Crippen molar-refractivity contribution in [3.8, 4) is 0 Å². The average molecular weight is 360 g/mol. The second kappa shape index (κ2) is 6.17. The number of pyridine rings is 1. The largest absolute Gasteiger partial charge is 0.433 e. The molecular weight excluding hydrogens is 345 g/mol. The van der Waals surface area contributed by atoms with Crippen molar-refractivity contribution in [3.05, 3.63) is 42.4 Å². The molecule has 2 aromatic rings. The van der Waals surface area contributed by atoms with Crippen molar-refractivity contribution in [1.82, 2.24) is 19.1 Å². The summed E-state index contributed by atoms with van der Waals surface area (Å²) in [5, 5.41) is 3.65. The Kier molecular flexibility index (Phi) is 4.35. The van der Waals surface area contributed by atoms with Crippen LogP contribution in [0.4, 0.5) is 13.2 Å². The van der Waals surface area contributed by atoms with Crippen LogP contribution in [0.15, 0.2) is 41.7 Å². The summed E-state index contributed by atoms with van der Waals surface area (Å²) in [6.45, 7) is 0.182. The highest BCUT2D eigenvalue weighted by Gasteiger charge is 2.39. The Hall–Kier alpha value is -1.94. The third-order valence-electron chi connectivity index (χ3n) is 3.91. The lowest BCUT2D eigenvalue weighted by Gasteiger charge is -2.32. The molecule has 0 aromatic carbocycles. The molecule has 1 aliphatic rings. The van der Waals surface area contributed by atoms with E-state index in [1.807, 2.05) is 0 Å². The molecule has 0 spiro atoms. The maximum absolute atomic E-state index is 13.0. The molecule has 0 bridgehead atoms. The fourth-order valence-corrected chi connectivity index (χ4v) is 4.25. The van der Waals surface area contributed by atoms with Crippen LogP contribution >= 0.6 is 0 Å². The minimum Gasteiger partial charge on any atom is -0.256 e. The standard InChI is InChI=1S/C14H15F3N4O2S/c15-14(16,17)12-6-8-19-21(12)11-4-3-9-20(10-11)24(22,23)13-5-1-2-7-18-13/h1-2,5-8,11H,3-4,9-10H2/t11-/m1/s1. The second-order valence-electron chi connectivity index (χ2n) is 5.49. The van der Waals surface area contributed by atoms with Gasteiger partial charge in [0.1, 0.15) is 5.69 Å². The zero-order chi connectivity index (χ0) is 17.4. The SMILES string of the molecule is O=S(=O)(c1ccccn1)N1CCC[C@@H](n2nccc2C(F)(F)F)C1. The van der Waals surface area contributed by atoms with Crippen LogP contribution in [0.5, 0.6) is 0 Å². The first kappa shape index (κ1) is 16.9. The Balaban J connectivity index is 1.87. The van der Waals surface area contributed by atoms with Crippen LogP contribution in [0.1, 0.15) is 24.6 Å². The molecule has 130 valence electrons. The molecule has 0 amide bonds. The number of hydrogen-bond donors (Lipinski definition) is 0. The summed E-state index contributed by atoms with van der Waals surface area (Å²) in [5.41, 5.74) is -0.871. The van der Waals surface area contributed by atoms with Gasteiger partial charge in [-0.05, 0) is 31.0 Å². The zero-order valence-corrected chi connectivity index (χ0v) is 13.3. The summed E-state index contributed by atoms with van der Waals surface area (Å²) >= 11 is 0. The number of hydrogen-bond acceptors (Lipinski definition) is 4. The summed E-state index contributed by atoms with van der Waals surface area (Å²) in [6, 6.07) is 4.75. The minimum absolute atomic E-state index is 0.0658. The summed E-state index contributed by atoms with van der Waals surface area (Å²) in [7, 11) is -3.83. The van der Waals surface area contributed by atoms with Gasteiger partial charge in [-0.25, -0.2) is 13.4 Å². The van der Waals surface area contributed by atoms with E-state index in [9.17, 15) is 21.6 Å². The fourth-order valence-electron chi connectivity index (χ4n) is 2.80. The molecule has 24 heavy (non-hydrogen) atoms. The van der Waals surface area contributed by atoms with Gasteiger partial charge in [-0.15, -0.1) is 0 Å². The fraction of sp³-hybridized carbons (Fsp3) is 0.429. The van der Waals surface area contributed by atoms with Gasteiger partial charge >= 0.3 is 6.18 Å². The van der Waals surface area contributed by atoms with E-state index in [1.165, 1.54) is 16.6 Å².